The topological polar surface area (TPSA) is 98.6 Å². The number of nitriles is 1. The maximum Gasteiger partial charge on any atom is 0.263 e. The number of benzene rings is 2. The molecule has 138 valence electrons. The van der Waals surface area contributed by atoms with E-state index in [0.29, 0.717) is 11.2 Å². The molecule has 2 aromatic heterocycles. The van der Waals surface area contributed by atoms with Gasteiger partial charge in [-0.1, -0.05) is 24.3 Å². The summed E-state index contributed by atoms with van der Waals surface area (Å²) in [5.41, 5.74) is 3.92. The van der Waals surface area contributed by atoms with Gasteiger partial charge in [-0.3, -0.25) is 4.72 Å². The summed E-state index contributed by atoms with van der Waals surface area (Å²) in [4.78, 5) is 7.46. The lowest BCUT2D eigenvalue weighted by Crippen LogP contribution is -2.14. The molecule has 0 saturated heterocycles. The number of rotatable bonds is 4. The Hall–Kier alpha value is -3.63. The lowest BCUT2D eigenvalue weighted by Gasteiger charge is -2.09. The van der Waals surface area contributed by atoms with Crippen LogP contribution in [-0.2, 0) is 10.0 Å². The van der Waals surface area contributed by atoms with Crippen LogP contribution in [0.2, 0.25) is 0 Å². The molecule has 4 rings (SSSR count). The van der Waals surface area contributed by atoms with Gasteiger partial charge in [0.1, 0.15) is 11.5 Å². The van der Waals surface area contributed by atoms with Crippen molar-refractivity contribution in [2.24, 2.45) is 0 Å². The molecule has 0 bridgehead atoms. The van der Waals surface area contributed by atoms with E-state index in [1.807, 2.05) is 25.1 Å². The fourth-order valence-corrected chi connectivity index (χ4v) is 4.01. The zero-order chi connectivity index (χ0) is 19.7. The molecule has 0 unspecified atom stereocenters. The highest BCUT2D eigenvalue weighted by Gasteiger charge is 2.16. The highest BCUT2D eigenvalue weighted by Crippen LogP contribution is 2.24. The van der Waals surface area contributed by atoms with Crippen LogP contribution < -0.4 is 4.72 Å². The molecule has 0 amide bonds. The van der Waals surface area contributed by atoms with E-state index in [-0.39, 0.29) is 10.7 Å². The molecule has 7 heteroatoms. The first-order valence-corrected chi connectivity index (χ1v) is 10.0. The van der Waals surface area contributed by atoms with Crippen LogP contribution >= 0.6 is 0 Å². The number of hydrogen-bond acceptors (Lipinski definition) is 4. The number of aromatic amines is 1. The summed E-state index contributed by atoms with van der Waals surface area (Å²) in [5, 5.41) is 9.83. The van der Waals surface area contributed by atoms with Gasteiger partial charge < -0.3 is 4.98 Å². The molecule has 0 fully saturated rings. The highest BCUT2D eigenvalue weighted by atomic mass is 32.2. The van der Waals surface area contributed by atoms with E-state index in [9.17, 15) is 8.42 Å². The summed E-state index contributed by atoms with van der Waals surface area (Å²) in [6.45, 7) is 1.90. The Morgan fingerprint density at radius 3 is 2.29 bits per heavy atom. The molecule has 0 radical (unpaired) electrons. The number of nitrogens with zero attached hydrogens (tertiary/aromatic N) is 2. The third kappa shape index (κ3) is 3.33. The number of hydrogen-bond donors (Lipinski definition) is 2. The van der Waals surface area contributed by atoms with Crippen molar-refractivity contribution in [1.82, 2.24) is 9.97 Å². The maximum atomic E-state index is 12.7. The first-order valence-electron chi connectivity index (χ1n) is 8.54. The van der Waals surface area contributed by atoms with Crippen molar-refractivity contribution < 1.29 is 8.42 Å². The summed E-state index contributed by atoms with van der Waals surface area (Å²) in [7, 11) is -3.76. The van der Waals surface area contributed by atoms with Gasteiger partial charge in [-0.25, -0.2) is 13.4 Å². The summed E-state index contributed by atoms with van der Waals surface area (Å²) in [6.07, 6.45) is 1.77. The largest absolute Gasteiger partial charge is 0.346 e. The average Bonchev–Trinajstić information content (AvgIpc) is 3.17. The second-order valence-corrected chi connectivity index (χ2v) is 8.07. The van der Waals surface area contributed by atoms with Crippen molar-refractivity contribution in [2.45, 2.75) is 11.8 Å². The minimum absolute atomic E-state index is 0.149. The van der Waals surface area contributed by atoms with E-state index in [4.69, 9.17) is 5.26 Å². The van der Waals surface area contributed by atoms with Gasteiger partial charge in [-0.05, 0) is 60.0 Å². The summed E-state index contributed by atoms with van der Waals surface area (Å²) < 4.78 is 28.0. The van der Waals surface area contributed by atoms with Crippen LogP contribution in [0.1, 0.15) is 11.1 Å². The van der Waals surface area contributed by atoms with E-state index >= 15 is 0 Å². The number of sulfonamides is 1. The van der Waals surface area contributed by atoms with Crippen molar-refractivity contribution in [3.8, 4) is 17.2 Å². The molecular formula is C21H16N4O2S. The van der Waals surface area contributed by atoms with Crippen molar-refractivity contribution in [2.75, 3.05) is 4.72 Å². The SMILES string of the molecule is Cc1cc(NS(=O)(=O)c2ccc(-c3ccc(C#N)cc3)cc2)nc2[nH]ccc12. The molecule has 2 N–H and O–H groups in total. The highest BCUT2D eigenvalue weighted by molar-refractivity contribution is 7.92. The Kier molecular flexibility index (Phi) is 4.34. The van der Waals surface area contributed by atoms with E-state index in [2.05, 4.69) is 20.8 Å². The van der Waals surface area contributed by atoms with Crippen molar-refractivity contribution in [3.63, 3.8) is 0 Å². The predicted molar refractivity (Wildman–Crippen MR) is 108 cm³/mol. The fraction of sp³-hybridized carbons (Fsp3) is 0.0476. The van der Waals surface area contributed by atoms with Crippen LogP contribution in [0.3, 0.4) is 0 Å². The van der Waals surface area contributed by atoms with E-state index in [1.165, 1.54) is 0 Å². The standard InChI is InChI=1S/C21H16N4O2S/c1-14-12-20(24-21-19(14)10-11-23-21)25-28(26,27)18-8-6-17(7-9-18)16-4-2-15(13-22)3-5-16/h2-12H,1H3,(H2,23,24,25). The molecule has 4 aromatic rings. The number of H-pyrrole nitrogens is 1. The monoisotopic (exact) mass is 388 g/mol. The summed E-state index contributed by atoms with van der Waals surface area (Å²) >= 11 is 0. The van der Waals surface area contributed by atoms with Crippen LogP contribution in [0.5, 0.6) is 0 Å². The smallest absolute Gasteiger partial charge is 0.263 e. The maximum absolute atomic E-state index is 12.7. The van der Waals surface area contributed by atoms with Crippen molar-refractivity contribution >= 4 is 26.9 Å². The molecule has 0 aliphatic heterocycles. The van der Waals surface area contributed by atoms with Crippen LogP contribution in [0, 0.1) is 18.3 Å². The Bertz CT molecular complexity index is 1300. The molecule has 0 aliphatic rings. The Morgan fingerprint density at radius 2 is 1.64 bits per heavy atom. The predicted octanol–water partition coefficient (Wildman–Crippen LogP) is 4.21. The van der Waals surface area contributed by atoms with Crippen LogP contribution in [0.25, 0.3) is 22.2 Å². The van der Waals surface area contributed by atoms with Crippen LogP contribution in [-0.4, -0.2) is 18.4 Å². The lowest BCUT2D eigenvalue weighted by molar-refractivity contribution is 0.601. The van der Waals surface area contributed by atoms with Crippen molar-refractivity contribution in [1.29, 1.82) is 5.26 Å². The third-order valence-electron chi connectivity index (χ3n) is 4.49. The lowest BCUT2D eigenvalue weighted by atomic mass is 10.0. The minimum atomic E-state index is -3.76. The van der Waals surface area contributed by atoms with Gasteiger partial charge in [0.15, 0.2) is 0 Å². The normalized spacial score (nSPS) is 11.3. The summed E-state index contributed by atoms with van der Waals surface area (Å²) in [5.74, 6) is 0.267. The first kappa shape index (κ1) is 17.8. The molecule has 2 aromatic carbocycles. The summed E-state index contributed by atoms with van der Waals surface area (Å²) in [6, 6.07) is 19.4. The molecule has 0 aliphatic carbocycles. The molecule has 0 saturated carbocycles. The molecular weight excluding hydrogens is 372 g/mol. The van der Waals surface area contributed by atoms with Crippen LogP contribution in [0.4, 0.5) is 5.82 Å². The second kappa shape index (κ2) is 6.83. The van der Waals surface area contributed by atoms with Gasteiger partial charge in [0.25, 0.3) is 10.0 Å². The van der Waals surface area contributed by atoms with Gasteiger partial charge >= 0.3 is 0 Å². The van der Waals surface area contributed by atoms with Gasteiger partial charge in [0.05, 0.1) is 16.5 Å². The van der Waals surface area contributed by atoms with Gasteiger partial charge in [-0.2, -0.15) is 5.26 Å². The van der Waals surface area contributed by atoms with E-state index in [0.717, 1.165) is 22.1 Å². The second-order valence-electron chi connectivity index (χ2n) is 6.38. The Labute approximate surface area is 162 Å². The minimum Gasteiger partial charge on any atom is -0.346 e. The fourth-order valence-electron chi connectivity index (χ4n) is 3.02. The molecule has 6 nitrogen and oxygen atoms in total. The number of fused-ring (bicyclic) bond motifs is 1. The zero-order valence-electron chi connectivity index (χ0n) is 15.0. The van der Waals surface area contributed by atoms with Crippen molar-refractivity contribution in [3.05, 3.63) is 78.0 Å². The van der Waals surface area contributed by atoms with Gasteiger partial charge in [-0.15, -0.1) is 0 Å². The van der Waals surface area contributed by atoms with Gasteiger partial charge in [0, 0.05) is 11.6 Å². The number of pyridine rings is 1. The third-order valence-corrected chi connectivity index (χ3v) is 5.86. The first-order chi connectivity index (χ1) is 13.5. The number of nitrogens with one attached hydrogen (secondary N) is 2. The Balaban J connectivity index is 1.60. The molecule has 2 heterocycles. The van der Waals surface area contributed by atoms with Crippen LogP contribution in [0.15, 0.2) is 71.8 Å². The van der Waals surface area contributed by atoms with E-state index in [1.54, 1.807) is 48.7 Å². The quantitative estimate of drug-likeness (QED) is 0.547. The zero-order valence-corrected chi connectivity index (χ0v) is 15.8. The van der Waals surface area contributed by atoms with E-state index < -0.39 is 10.0 Å². The number of anilines is 1. The molecule has 0 spiro atoms. The van der Waals surface area contributed by atoms with Gasteiger partial charge in [0.2, 0.25) is 0 Å². The average molecular weight is 388 g/mol. The number of aromatic nitrogens is 2. The number of aryl methyl sites for hydroxylation is 1. The Morgan fingerprint density at radius 1 is 1.00 bits per heavy atom. The molecule has 28 heavy (non-hydrogen) atoms. The molecule has 0 atom stereocenters.